The van der Waals surface area contributed by atoms with Gasteiger partial charge in [-0.25, -0.2) is 4.79 Å². The van der Waals surface area contributed by atoms with Crippen LogP contribution in [0.3, 0.4) is 0 Å². The number of alkyl halides is 3. The van der Waals surface area contributed by atoms with Crippen LogP contribution in [0.1, 0.15) is 34.7 Å². The number of esters is 1. The van der Waals surface area contributed by atoms with Gasteiger partial charge in [0.05, 0.1) is 24.1 Å². The maximum absolute atomic E-state index is 12.9. The van der Waals surface area contributed by atoms with Gasteiger partial charge in [-0.15, -0.1) is 0 Å². The molecule has 1 atom stereocenters. The number of halogens is 3. The number of benzene rings is 2. The molecule has 0 spiro atoms. The molecule has 1 aromatic heterocycles. The quantitative estimate of drug-likeness (QED) is 0.585. The van der Waals surface area contributed by atoms with Crippen LogP contribution in [0.5, 0.6) is 5.75 Å². The average molecular weight is 446 g/mol. The lowest BCUT2D eigenvalue weighted by Crippen LogP contribution is -2.19. The van der Waals surface area contributed by atoms with Crippen molar-refractivity contribution in [2.75, 3.05) is 13.7 Å². The zero-order valence-electron chi connectivity index (χ0n) is 17.2. The minimum Gasteiger partial charge on any atom is -0.481 e. The number of methoxy groups -OCH3 is 1. The van der Waals surface area contributed by atoms with Crippen molar-refractivity contribution in [3.05, 3.63) is 64.8 Å². The molecule has 1 unspecified atom stereocenters. The largest absolute Gasteiger partial charge is 0.481 e. The standard InChI is InChI=1S/C23H21F3N2O4/c1-31-19(29)12-32-18-4-2-3-16-21(18)20-15(22(27)30)9-10-17(20)28(16)11-13-5-7-14(8-6-13)23(24,25)26/h2-8,15H,9-12H2,1H3,(H2,27,30). The maximum Gasteiger partial charge on any atom is 0.416 e. The molecule has 32 heavy (non-hydrogen) atoms. The van der Waals surface area contributed by atoms with Crippen LogP contribution in [0.15, 0.2) is 42.5 Å². The van der Waals surface area contributed by atoms with Crippen molar-refractivity contribution in [2.24, 2.45) is 5.73 Å². The summed E-state index contributed by atoms with van der Waals surface area (Å²) < 4.78 is 51.0. The van der Waals surface area contributed by atoms with E-state index in [0.717, 1.165) is 28.9 Å². The van der Waals surface area contributed by atoms with Crippen LogP contribution in [-0.2, 0) is 33.5 Å². The lowest BCUT2D eigenvalue weighted by Gasteiger charge is -2.13. The smallest absolute Gasteiger partial charge is 0.416 e. The van der Waals surface area contributed by atoms with E-state index in [2.05, 4.69) is 4.74 Å². The molecular weight excluding hydrogens is 425 g/mol. The van der Waals surface area contributed by atoms with Gasteiger partial charge in [0.1, 0.15) is 5.75 Å². The third-order valence-corrected chi connectivity index (χ3v) is 5.76. The van der Waals surface area contributed by atoms with E-state index in [1.54, 1.807) is 12.1 Å². The molecule has 6 nitrogen and oxygen atoms in total. The predicted molar refractivity (Wildman–Crippen MR) is 110 cm³/mol. The van der Waals surface area contributed by atoms with Crippen molar-refractivity contribution in [3.63, 3.8) is 0 Å². The van der Waals surface area contributed by atoms with E-state index in [4.69, 9.17) is 10.5 Å². The summed E-state index contributed by atoms with van der Waals surface area (Å²) in [6, 6.07) is 10.3. The third-order valence-electron chi connectivity index (χ3n) is 5.76. The molecule has 1 amide bonds. The second-order valence-electron chi connectivity index (χ2n) is 7.65. The predicted octanol–water partition coefficient (Wildman–Crippen LogP) is 3.78. The van der Waals surface area contributed by atoms with E-state index in [0.29, 0.717) is 36.1 Å². The van der Waals surface area contributed by atoms with Gasteiger partial charge in [0.15, 0.2) is 6.61 Å². The zero-order valence-corrected chi connectivity index (χ0v) is 17.2. The Bertz CT molecular complexity index is 1180. The number of primary amides is 1. The monoisotopic (exact) mass is 446 g/mol. The van der Waals surface area contributed by atoms with Crippen molar-refractivity contribution in [3.8, 4) is 5.75 Å². The molecule has 1 heterocycles. The molecule has 9 heteroatoms. The number of nitrogens with two attached hydrogens (primary N) is 1. The number of rotatable bonds is 6. The summed E-state index contributed by atoms with van der Waals surface area (Å²) in [4.78, 5) is 23.7. The molecule has 1 aliphatic carbocycles. The summed E-state index contributed by atoms with van der Waals surface area (Å²) in [5, 5.41) is 0.680. The highest BCUT2D eigenvalue weighted by Crippen LogP contribution is 2.44. The number of fused-ring (bicyclic) bond motifs is 3. The van der Waals surface area contributed by atoms with Crippen LogP contribution in [0.4, 0.5) is 13.2 Å². The van der Waals surface area contributed by atoms with Gasteiger partial charge < -0.3 is 19.8 Å². The second-order valence-corrected chi connectivity index (χ2v) is 7.65. The molecule has 3 aromatic rings. The molecule has 4 rings (SSSR count). The zero-order chi connectivity index (χ0) is 23.0. The number of carbonyl (C=O) groups excluding carboxylic acids is 2. The van der Waals surface area contributed by atoms with Crippen molar-refractivity contribution in [2.45, 2.75) is 31.5 Å². The number of hydrogen-bond donors (Lipinski definition) is 1. The molecule has 0 bridgehead atoms. The van der Waals surface area contributed by atoms with E-state index in [1.165, 1.54) is 19.2 Å². The summed E-state index contributed by atoms with van der Waals surface area (Å²) in [5.74, 6) is -1.10. The number of amides is 1. The van der Waals surface area contributed by atoms with Crippen LogP contribution >= 0.6 is 0 Å². The molecule has 0 radical (unpaired) electrons. The van der Waals surface area contributed by atoms with Crippen LogP contribution in [0.25, 0.3) is 10.9 Å². The van der Waals surface area contributed by atoms with Gasteiger partial charge >= 0.3 is 12.1 Å². The fraction of sp³-hybridized carbons (Fsp3) is 0.304. The fourth-order valence-corrected chi connectivity index (χ4v) is 4.28. The minimum absolute atomic E-state index is 0.296. The van der Waals surface area contributed by atoms with E-state index in [1.807, 2.05) is 10.6 Å². The van der Waals surface area contributed by atoms with Gasteiger partial charge in [-0.1, -0.05) is 18.2 Å². The average Bonchev–Trinajstić information content (AvgIpc) is 3.31. The molecule has 0 saturated heterocycles. The lowest BCUT2D eigenvalue weighted by atomic mass is 9.99. The Kier molecular flexibility index (Phi) is 5.58. The molecule has 168 valence electrons. The third kappa shape index (κ3) is 3.90. The first kappa shape index (κ1) is 21.7. The number of ether oxygens (including phenoxy) is 2. The Morgan fingerprint density at radius 1 is 1.16 bits per heavy atom. The van der Waals surface area contributed by atoms with E-state index in [9.17, 15) is 22.8 Å². The Balaban J connectivity index is 1.80. The van der Waals surface area contributed by atoms with Gasteiger partial charge in [-0.2, -0.15) is 13.2 Å². The van der Waals surface area contributed by atoms with Gasteiger partial charge in [0.25, 0.3) is 0 Å². The summed E-state index contributed by atoms with van der Waals surface area (Å²) in [5.41, 5.74) is 8.01. The summed E-state index contributed by atoms with van der Waals surface area (Å²) >= 11 is 0. The van der Waals surface area contributed by atoms with Crippen LogP contribution in [0, 0.1) is 0 Å². The Labute approximate surface area is 181 Å². The first-order chi connectivity index (χ1) is 15.2. The summed E-state index contributed by atoms with van der Waals surface area (Å²) in [7, 11) is 1.26. The number of nitrogens with zero attached hydrogens (tertiary/aromatic N) is 1. The van der Waals surface area contributed by atoms with E-state index in [-0.39, 0.29) is 6.61 Å². The van der Waals surface area contributed by atoms with E-state index >= 15 is 0 Å². The van der Waals surface area contributed by atoms with Crippen LogP contribution < -0.4 is 10.5 Å². The van der Waals surface area contributed by atoms with Gasteiger partial charge in [0.2, 0.25) is 5.91 Å². The topological polar surface area (TPSA) is 83.6 Å². The SMILES string of the molecule is COC(=O)COc1cccc2c1c1c(n2Cc2ccc(C(F)(F)F)cc2)CCC1C(N)=O. The van der Waals surface area contributed by atoms with Crippen LogP contribution in [-0.4, -0.2) is 30.2 Å². The Morgan fingerprint density at radius 3 is 2.50 bits per heavy atom. The molecule has 0 aliphatic heterocycles. The highest BCUT2D eigenvalue weighted by molar-refractivity contribution is 5.97. The Morgan fingerprint density at radius 2 is 1.88 bits per heavy atom. The van der Waals surface area contributed by atoms with Crippen molar-refractivity contribution >= 4 is 22.8 Å². The van der Waals surface area contributed by atoms with E-state index < -0.39 is 29.5 Å². The fourth-order valence-electron chi connectivity index (χ4n) is 4.28. The summed E-state index contributed by atoms with van der Waals surface area (Å²) in [6.45, 7) is 0.0195. The number of hydrogen-bond acceptors (Lipinski definition) is 4. The molecule has 2 N–H and O–H groups in total. The highest BCUT2D eigenvalue weighted by atomic mass is 19.4. The summed E-state index contributed by atoms with van der Waals surface area (Å²) in [6.07, 6.45) is -3.27. The molecule has 1 aliphatic rings. The molecular formula is C23H21F3N2O4. The second kappa shape index (κ2) is 8.22. The van der Waals surface area contributed by atoms with Crippen LogP contribution in [0.2, 0.25) is 0 Å². The Hall–Kier alpha value is -3.49. The first-order valence-corrected chi connectivity index (χ1v) is 9.99. The minimum atomic E-state index is -4.40. The molecule has 2 aromatic carbocycles. The number of carbonyl (C=O) groups is 2. The van der Waals surface area contributed by atoms with Gasteiger partial charge in [0, 0.05) is 17.6 Å². The van der Waals surface area contributed by atoms with Gasteiger partial charge in [-0.3, -0.25) is 4.79 Å². The van der Waals surface area contributed by atoms with Crippen molar-refractivity contribution < 1.29 is 32.2 Å². The lowest BCUT2D eigenvalue weighted by molar-refractivity contribution is -0.143. The molecule has 0 saturated carbocycles. The maximum atomic E-state index is 12.9. The van der Waals surface area contributed by atoms with Crippen molar-refractivity contribution in [1.29, 1.82) is 0 Å². The molecule has 0 fully saturated rings. The normalized spacial score (nSPS) is 15.6. The highest BCUT2D eigenvalue weighted by Gasteiger charge is 2.35. The first-order valence-electron chi connectivity index (χ1n) is 9.99. The number of aromatic nitrogens is 1. The van der Waals surface area contributed by atoms with Gasteiger partial charge in [-0.05, 0) is 48.2 Å². The van der Waals surface area contributed by atoms with Crippen molar-refractivity contribution in [1.82, 2.24) is 4.57 Å².